The molecule has 1 N–H and O–H groups in total. The maximum Gasteiger partial charge on any atom is 0.346 e. The quantitative estimate of drug-likeness (QED) is 0.261. The first-order valence-electron chi connectivity index (χ1n) is 12.7. The van der Waals surface area contributed by atoms with Crippen LogP contribution in [0.15, 0.2) is 52.0 Å². The molecule has 7 rings (SSSR count). The lowest BCUT2D eigenvalue weighted by molar-refractivity contribution is -0.0584. The van der Waals surface area contributed by atoms with Crippen LogP contribution < -0.4 is 0 Å². The molecule has 0 radical (unpaired) electrons. The fourth-order valence-electron chi connectivity index (χ4n) is 5.18. The lowest BCUT2D eigenvalue weighted by Crippen LogP contribution is -2.35. The largest absolute Gasteiger partial charge is 0.724 e. The normalized spacial score (nSPS) is 25.0. The molecular weight excluding hydrogens is 564 g/mol. The zero-order valence-corrected chi connectivity index (χ0v) is 22.6. The molecule has 4 atom stereocenters. The van der Waals surface area contributed by atoms with Gasteiger partial charge in [0.2, 0.25) is 35.0 Å². The van der Waals surface area contributed by atoms with Crippen LogP contribution in [0.25, 0.3) is 0 Å². The third-order valence-electron chi connectivity index (χ3n) is 7.10. The molecule has 4 bridgehead atoms. The fraction of sp³-hybridized carbons (Fsp3) is 0.478. The van der Waals surface area contributed by atoms with E-state index >= 15 is 0 Å². The zero-order chi connectivity index (χ0) is 29.1. The average molecular weight is 592 g/mol. The second kappa shape index (κ2) is 11.8. The Kier molecular flexibility index (Phi) is 8.15. The third-order valence-corrected chi connectivity index (χ3v) is 7.45. The maximum absolute atomic E-state index is 12.0. The number of fused-ring (bicyclic) bond motifs is 4. The van der Waals surface area contributed by atoms with Gasteiger partial charge in [-0.2, -0.15) is 9.35 Å². The second-order valence-electron chi connectivity index (χ2n) is 9.73. The lowest BCUT2D eigenvalue weighted by Gasteiger charge is -2.27. The maximum atomic E-state index is 12.0. The first-order chi connectivity index (χ1) is 19.6. The zero-order valence-electron chi connectivity index (χ0n) is 21.8. The average Bonchev–Trinajstić information content (AvgIpc) is 3.76. The van der Waals surface area contributed by atoms with Crippen LogP contribution in [0.3, 0.4) is 0 Å². The van der Waals surface area contributed by atoms with Crippen LogP contribution in [0.2, 0.25) is 0 Å². The Labute approximate surface area is 234 Å². The summed E-state index contributed by atoms with van der Waals surface area (Å²) >= 11 is 0. The van der Waals surface area contributed by atoms with Gasteiger partial charge in [0.25, 0.3) is 0 Å². The van der Waals surface area contributed by atoms with Crippen molar-refractivity contribution in [1.82, 2.24) is 40.3 Å². The van der Waals surface area contributed by atoms with Gasteiger partial charge in [-0.3, -0.25) is 5.21 Å². The standard InChI is InChI=1S/C8H10N4O6S.C8H10N4O3.C7H8/c13-8-11-3-5(12(8)18-19(14,15)16)1-2-6(11)7-10-9-4-17-7;13-8-11-3-5(12(8)14)1-2-6(11)7-10-9-4-15-7;1-7-5-3-2-4-6-7/h4-6H,1-3H2,(H,14,15,16);4-6,14H,1-3H2;2-6H,1H3/p-1/t2*5-,6+;/m11./s1. The number of hydroxylamine groups is 4. The molecule has 4 aliphatic rings. The summed E-state index contributed by atoms with van der Waals surface area (Å²) in [7, 11) is -4.97. The SMILES string of the molecule is Cc1ccccc1.O=C1N(O)[C@@H]2CC[C@@H](c3nnco3)N1C2.O=C1N2C[C@@H](CC[C@H]2c2nnco2)N1OS(=O)(=O)[O-]. The van der Waals surface area contributed by atoms with Gasteiger partial charge in [0.05, 0.1) is 12.1 Å². The molecule has 4 fully saturated rings. The molecule has 4 aliphatic heterocycles. The van der Waals surface area contributed by atoms with Crippen LogP contribution in [-0.2, 0) is 14.7 Å². The first-order valence-corrected chi connectivity index (χ1v) is 14.0. The number of carbonyl (C=O) groups excluding carboxylic acids is 2. The summed E-state index contributed by atoms with van der Waals surface area (Å²) in [5.74, 6) is 0.718. The molecule has 4 amide bonds. The van der Waals surface area contributed by atoms with Crippen molar-refractivity contribution in [1.29, 1.82) is 0 Å². The van der Waals surface area contributed by atoms with Gasteiger partial charge >= 0.3 is 12.1 Å². The number of urea groups is 2. The summed E-state index contributed by atoms with van der Waals surface area (Å²) in [6.45, 7) is 2.86. The third kappa shape index (κ3) is 6.29. The van der Waals surface area contributed by atoms with Gasteiger partial charge in [0.1, 0.15) is 12.1 Å². The number of carbonyl (C=O) groups is 2. The highest BCUT2D eigenvalue weighted by atomic mass is 32.3. The van der Waals surface area contributed by atoms with Gasteiger partial charge in [-0.15, -0.1) is 20.4 Å². The summed E-state index contributed by atoms with van der Waals surface area (Å²) in [6, 6.07) is 8.04. The number of nitrogens with zero attached hydrogens (tertiary/aromatic N) is 8. The molecule has 1 aromatic carbocycles. The molecular formula is C23H27N8O9S-. The van der Waals surface area contributed by atoms with Gasteiger partial charge in [-0.1, -0.05) is 35.9 Å². The highest BCUT2D eigenvalue weighted by Gasteiger charge is 2.48. The van der Waals surface area contributed by atoms with E-state index in [1.165, 1.54) is 16.9 Å². The Morgan fingerprint density at radius 2 is 1.41 bits per heavy atom. The van der Waals surface area contributed by atoms with Gasteiger partial charge < -0.3 is 23.2 Å². The van der Waals surface area contributed by atoms with Crippen molar-refractivity contribution in [2.45, 2.75) is 56.8 Å². The van der Waals surface area contributed by atoms with Gasteiger partial charge in [0, 0.05) is 13.1 Å². The molecule has 6 heterocycles. The van der Waals surface area contributed by atoms with Crippen LogP contribution in [0, 0.1) is 6.92 Å². The van der Waals surface area contributed by atoms with E-state index in [9.17, 15) is 27.8 Å². The van der Waals surface area contributed by atoms with Crippen molar-refractivity contribution in [3.63, 3.8) is 0 Å². The summed E-state index contributed by atoms with van der Waals surface area (Å²) in [5.41, 5.74) is 1.32. The Hall–Kier alpha value is -4.13. The number of rotatable bonds is 4. The van der Waals surface area contributed by atoms with Crippen LogP contribution in [-0.4, -0.2) is 95.7 Å². The summed E-state index contributed by atoms with van der Waals surface area (Å²) in [5, 5.41) is 25.5. The Morgan fingerprint density at radius 3 is 1.90 bits per heavy atom. The van der Waals surface area contributed by atoms with Crippen molar-refractivity contribution in [3.8, 4) is 0 Å². The monoisotopic (exact) mass is 591 g/mol. The second-order valence-corrected chi connectivity index (χ2v) is 10.7. The molecule has 0 unspecified atom stereocenters. The number of benzene rings is 1. The van der Waals surface area contributed by atoms with Crippen LogP contribution in [0.5, 0.6) is 0 Å². The number of hydrogen-bond donors (Lipinski definition) is 1. The number of aromatic nitrogens is 4. The van der Waals surface area contributed by atoms with Crippen molar-refractivity contribution in [3.05, 3.63) is 60.5 Å². The predicted molar refractivity (Wildman–Crippen MR) is 132 cm³/mol. The van der Waals surface area contributed by atoms with Gasteiger partial charge in [-0.25, -0.2) is 23.1 Å². The van der Waals surface area contributed by atoms with E-state index in [1.807, 2.05) is 18.2 Å². The molecule has 4 saturated heterocycles. The van der Waals surface area contributed by atoms with Crippen molar-refractivity contribution in [2.75, 3.05) is 13.1 Å². The Morgan fingerprint density at radius 1 is 0.878 bits per heavy atom. The predicted octanol–water partition coefficient (Wildman–Crippen LogP) is 1.80. The molecule has 17 nitrogen and oxygen atoms in total. The summed E-state index contributed by atoms with van der Waals surface area (Å²) in [4.78, 5) is 26.5. The molecule has 3 aromatic rings. The van der Waals surface area contributed by atoms with E-state index in [-0.39, 0.29) is 30.6 Å². The lowest BCUT2D eigenvalue weighted by atomic mass is 10.0. The topological polar surface area (TPSA) is 212 Å². The smallest absolute Gasteiger partial charge is 0.346 e. The van der Waals surface area contributed by atoms with E-state index < -0.39 is 28.5 Å². The number of aryl methyl sites for hydroxylation is 1. The minimum Gasteiger partial charge on any atom is -0.724 e. The number of hydrogen-bond acceptors (Lipinski definition) is 13. The molecule has 2 aromatic heterocycles. The van der Waals surface area contributed by atoms with E-state index in [0.29, 0.717) is 30.3 Å². The highest BCUT2D eigenvalue weighted by Crippen LogP contribution is 2.38. The highest BCUT2D eigenvalue weighted by molar-refractivity contribution is 7.80. The summed E-state index contributed by atoms with van der Waals surface area (Å²) in [6.07, 6.45) is 4.90. The molecule has 0 aliphatic carbocycles. The number of piperidine rings is 2. The minimum absolute atomic E-state index is 0.0864. The van der Waals surface area contributed by atoms with E-state index in [1.54, 1.807) is 4.90 Å². The van der Waals surface area contributed by atoms with Gasteiger partial charge in [-0.05, 0) is 32.6 Å². The summed E-state index contributed by atoms with van der Waals surface area (Å²) < 4.78 is 46.1. The van der Waals surface area contributed by atoms with Gasteiger partial charge in [0.15, 0.2) is 0 Å². The van der Waals surface area contributed by atoms with Crippen molar-refractivity contribution in [2.24, 2.45) is 0 Å². The van der Waals surface area contributed by atoms with E-state index in [2.05, 4.69) is 43.7 Å². The molecule has 18 heteroatoms. The fourth-order valence-corrected chi connectivity index (χ4v) is 5.56. The molecule has 220 valence electrons. The van der Waals surface area contributed by atoms with Crippen molar-refractivity contribution >= 4 is 22.5 Å². The molecule has 41 heavy (non-hydrogen) atoms. The van der Waals surface area contributed by atoms with E-state index in [0.717, 1.165) is 24.3 Å². The van der Waals surface area contributed by atoms with E-state index in [4.69, 9.17) is 8.83 Å². The first kappa shape index (κ1) is 28.4. The molecule has 0 spiro atoms. The Balaban J connectivity index is 0.000000136. The van der Waals surface area contributed by atoms with Crippen molar-refractivity contribution < 1.29 is 40.9 Å². The van der Waals surface area contributed by atoms with Crippen LogP contribution >= 0.6 is 0 Å². The Bertz CT molecular complexity index is 1420. The minimum atomic E-state index is -4.97. The molecule has 0 saturated carbocycles. The number of amides is 4. The van der Waals surface area contributed by atoms with Crippen LogP contribution in [0.1, 0.15) is 55.1 Å². The van der Waals surface area contributed by atoms with Crippen LogP contribution in [0.4, 0.5) is 9.59 Å².